The Morgan fingerprint density at radius 3 is 2.65 bits per heavy atom. The van der Waals surface area contributed by atoms with Gasteiger partial charge in [-0.1, -0.05) is 0 Å². The van der Waals surface area contributed by atoms with Gasteiger partial charge in [0.15, 0.2) is 0 Å². The number of nitrogens with two attached hydrogens (primary N) is 1. The number of hydrogen-bond donors (Lipinski definition) is 1. The summed E-state index contributed by atoms with van der Waals surface area (Å²) < 4.78 is 31.4. The molecule has 6 heteroatoms. The van der Waals surface area contributed by atoms with Gasteiger partial charge in [-0.05, 0) is 12.1 Å². The van der Waals surface area contributed by atoms with Gasteiger partial charge in [0.1, 0.15) is 22.7 Å². The van der Waals surface area contributed by atoms with Crippen LogP contribution in [0, 0.1) is 11.6 Å². The van der Waals surface area contributed by atoms with Gasteiger partial charge in [-0.15, -0.1) is 0 Å². The monoisotopic (exact) mass is 238 g/mol. The van der Waals surface area contributed by atoms with E-state index >= 15 is 0 Å². The largest absolute Gasteiger partial charge is 0.465 e. The summed E-state index contributed by atoms with van der Waals surface area (Å²) in [5.74, 6) is -2.19. The van der Waals surface area contributed by atoms with E-state index in [2.05, 4.69) is 9.72 Å². The Morgan fingerprint density at radius 2 is 2.00 bits per heavy atom. The highest BCUT2D eigenvalue weighted by molar-refractivity contribution is 6.04. The second-order valence-corrected chi connectivity index (χ2v) is 3.33. The first-order chi connectivity index (χ1) is 8.06. The Labute approximate surface area is 95.0 Å². The van der Waals surface area contributed by atoms with Gasteiger partial charge in [0.25, 0.3) is 0 Å². The standard InChI is InChI=1S/C11H8F2N2O2/c1-17-11(16)5-4-15-10-7(13)3-2-6(12)8(10)9(5)14/h2-4H,1H3,(H2,14,15). The maximum atomic E-state index is 13.5. The third-order valence-corrected chi connectivity index (χ3v) is 2.37. The molecule has 0 fully saturated rings. The lowest BCUT2D eigenvalue weighted by atomic mass is 10.1. The van der Waals surface area contributed by atoms with Crippen molar-refractivity contribution in [3.8, 4) is 0 Å². The van der Waals surface area contributed by atoms with E-state index in [1.807, 2.05) is 0 Å². The second-order valence-electron chi connectivity index (χ2n) is 3.33. The molecule has 0 spiro atoms. The quantitative estimate of drug-likeness (QED) is 0.770. The molecule has 0 aliphatic heterocycles. The fourth-order valence-corrected chi connectivity index (χ4v) is 1.53. The Balaban J connectivity index is 2.84. The van der Waals surface area contributed by atoms with E-state index in [1.54, 1.807) is 0 Å². The number of carbonyl (C=O) groups excluding carboxylic acids is 1. The molecule has 0 atom stereocenters. The van der Waals surface area contributed by atoms with Crippen molar-refractivity contribution in [3.05, 3.63) is 35.5 Å². The minimum Gasteiger partial charge on any atom is -0.465 e. The molecule has 0 aliphatic carbocycles. The molecule has 88 valence electrons. The van der Waals surface area contributed by atoms with Crippen LogP contribution in [0.15, 0.2) is 18.3 Å². The molecule has 0 unspecified atom stereocenters. The number of halogens is 2. The lowest BCUT2D eigenvalue weighted by molar-refractivity contribution is 0.0601. The molecule has 0 amide bonds. The van der Waals surface area contributed by atoms with Gasteiger partial charge < -0.3 is 10.5 Å². The van der Waals surface area contributed by atoms with E-state index < -0.39 is 17.6 Å². The van der Waals surface area contributed by atoms with Crippen LogP contribution in [0.5, 0.6) is 0 Å². The number of nitrogen functional groups attached to an aromatic ring is 1. The summed E-state index contributed by atoms with van der Waals surface area (Å²) in [6, 6.07) is 1.87. The average molecular weight is 238 g/mol. The summed E-state index contributed by atoms with van der Waals surface area (Å²) in [5, 5.41) is -0.215. The number of esters is 1. The number of hydrogen-bond acceptors (Lipinski definition) is 4. The lowest BCUT2D eigenvalue weighted by Gasteiger charge is -2.07. The number of pyridine rings is 1. The highest BCUT2D eigenvalue weighted by Gasteiger charge is 2.17. The molecule has 0 saturated heterocycles. The molecule has 0 bridgehead atoms. The Kier molecular flexibility index (Phi) is 2.63. The van der Waals surface area contributed by atoms with Crippen LogP contribution in [0.3, 0.4) is 0 Å². The van der Waals surface area contributed by atoms with Gasteiger partial charge in [0, 0.05) is 6.20 Å². The Morgan fingerprint density at radius 1 is 1.35 bits per heavy atom. The van der Waals surface area contributed by atoms with E-state index in [0.717, 1.165) is 25.4 Å². The predicted molar refractivity (Wildman–Crippen MR) is 57.4 cm³/mol. The van der Waals surface area contributed by atoms with Crippen LogP contribution >= 0.6 is 0 Å². The summed E-state index contributed by atoms with van der Waals surface area (Å²) in [7, 11) is 1.16. The minimum atomic E-state index is -0.749. The molecule has 2 aromatic rings. The normalized spacial score (nSPS) is 10.5. The third-order valence-electron chi connectivity index (χ3n) is 2.37. The SMILES string of the molecule is COC(=O)c1cnc2c(F)ccc(F)c2c1N. The molecular formula is C11H8F2N2O2. The summed E-state index contributed by atoms with van der Waals surface area (Å²) >= 11 is 0. The maximum absolute atomic E-state index is 13.5. The van der Waals surface area contributed by atoms with E-state index in [-0.39, 0.29) is 22.2 Å². The number of benzene rings is 1. The van der Waals surface area contributed by atoms with E-state index in [1.165, 1.54) is 0 Å². The first kappa shape index (κ1) is 11.3. The van der Waals surface area contributed by atoms with Crippen molar-refractivity contribution in [2.24, 2.45) is 0 Å². The number of carbonyl (C=O) groups is 1. The van der Waals surface area contributed by atoms with E-state index in [0.29, 0.717) is 0 Å². The summed E-state index contributed by atoms with van der Waals surface area (Å²) in [6.45, 7) is 0. The zero-order valence-electron chi connectivity index (χ0n) is 8.83. The number of nitrogens with zero attached hydrogens (tertiary/aromatic N) is 1. The zero-order chi connectivity index (χ0) is 12.6. The van der Waals surface area contributed by atoms with Gasteiger partial charge in [0.2, 0.25) is 0 Å². The second kappa shape index (κ2) is 3.97. The highest BCUT2D eigenvalue weighted by Crippen LogP contribution is 2.27. The number of aromatic nitrogens is 1. The fourth-order valence-electron chi connectivity index (χ4n) is 1.53. The van der Waals surface area contributed by atoms with Crippen molar-refractivity contribution in [2.45, 2.75) is 0 Å². The number of ether oxygens (including phenoxy) is 1. The molecule has 1 aromatic heterocycles. The zero-order valence-corrected chi connectivity index (χ0v) is 8.83. The number of fused-ring (bicyclic) bond motifs is 1. The van der Waals surface area contributed by atoms with Gasteiger partial charge >= 0.3 is 5.97 Å². The predicted octanol–water partition coefficient (Wildman–Crippen LogP) is 1.88. The maximum Gasteiger partial charge on any atom is 0.341 e. The highest BCUT2D eigenvalue weighted by atomic mass is 19.1. The van der Waals surface area contributed by atoms with E-state index in [4.69, 9.17) is 5.73 Å². The number of anilines is 1. The van der Waals surface area contributed by atoms with Crippen molar-refractivity contribution in [3.63, 3.8) is 0 Å². The molecule has 2 N–H and O–H groups in total. The van der Waals surface area contributed by atoms with Gasteiger partial charge in [0.05, 0.1) is 18.2 Å². The van der Waals surface area contributed by atoms with Crippen molar-refractivity contribution < 1.29 is 18.3 Å². The van der Waals surface area contributed by atoms with Gasteiger partial charge in [-0.3, -0.25) is 4.98 Å². The molecule has 0 aliphatic rings. The fraction of sp³-hybridized carbons (Fsp3) is 0.0909. The number of rotatable bonds is 1. The smallest absolute Gasteiger partial charge is 0.341 e. The molecule has 2 rings (SSSR count). The molecule has 0 saturated carbocycles. The Bertz CT molecular complexity index is 614. The minimum absolute atomic E-state index is 0.0931. The summed E-state index contributed by atoms with van der Waals surface area (Å²) in [6.07, 6.45) is 1.06. The van der Waals surface area contributed by atoms with E-state index in [9.17, 15) is 13.6 Å². The van der Waals surface area contributed by atoms with Crippen LogP contribution in [-0.4, -0.2) is 18.1 Å². The number of methoxy groups -OCH3 is 1. The molecule has 0 radical (unpaired) electrons. The van der Waals surface area contributed by atoms with Crippen LogP contribution in [0.1, 0.15) is 10.4 Å². The van der Waals surface area contributed by atoms with Crippen LogP contribution in [0.25, 0.3) is 10.9 Å². The van der Waals surface area contributed by atoms with Crippen molar-refractivity contribution in [2.75, 3.05) is 12.8 Å². The third kappa shape index (κ3) is 1.67. The van der Waals surface area contributed by atoms with Gasteiger partial charge in [-0.25, -0.2) is 13.6 Å². The summed E-state index contributed by atoms with van der Waals surface area (Å²) in [4.78, 5) is 15.0. The lowest BCUT2D eigenvalue weighted by Crippen LogP contribution is -2.08. The molecule has 1 aromatic carbocycles. The van der Waals surface area contributed by atoms with Crippen molar-refractivity contribution >= 4 is 22.6 Å². The first-order valence-electron chi connectivity index (χ1n) is 4.66. The average Bonchev–Trinajstić information content (AvgIpc) is 2.33. The summed E-state index contributed by atoms with van der Waals surface area (Å²) in [5.41, 5.74) is 5.13. The topological polar surface area (TPSA) is 65.2 Å². The molecule has 17 heavy (non-hydrogen) atoms. The van der Waals surface area contributed by atoms with Crippen LogP contribution in [0.4, 0.5) is 14.5 Å². The van der Waals surface area contributed by atoms with Crippen LogP contribution in [0.2, 0.25) is 0 Å². The molecule has 4 nitrogen and oxygen atoms in total. The van der Waals surface area contributed by atoms with Crippen LogP contribution < -0.4 is 5.73 Å². The first-order valence-corrected chi connectivity index (χ1v) is 4.66. The molecule has 1 heterocycles. The van der Waals surface area contributed by atoms with Crippen molar-refractivity contribution in [1.82, 2.24) is 4.98 Å². The van der Waals surface area contributed by atoms with Crippen molar-refractivity contribution in [1.29, 1.82) is 0 Å². The Hall–Kier alpha value is -2.24. The van der Waals surface area contributed by atoms with Gasteiger partial charge in [-0.2, -0.15) is 0 Å². The molecular weight excluding hydrogens is 230 g/mol. The van der Waals surface area contributed by atoms with Crippen LogP contribution in [-0.2, 0) is 4.74 Å².